The molecule has 1 nitrogen and oxygen atoms in total. The molecule has 0 aromatic heterocycles. The Morgan fingerprint density at radius 2 is 1.48 bits per heavy atom. The fraction of sp³-hybridized carbons (Fsp3) is 0.0476. The Hall–Kier alpha value is -2.07. The molecular weight excluding hydrogens is 395 g/mol. The first-order valence-electron chi connectivity index (χ1n) is 7.40. The van der Waals surface area contributed by atoms with Crippen molar-refractivity contribution in [2.24, 2.45) is 0 Å². The van der Waals surface area contributed by atoms with Gasteiger partial charge < -0.3 is 4.74 Å². The molecule has 0 saturated carbocycles. The fourth-order valence-electron chi connectivity index (χ4n) is 2.33. The topological polar surface area (TPSA) is 9.23 Å². The van der Waals surface area contributed by atoms with Crippen molar-refractivity contribution in [2.75, 3.05) is 7.11 Å². The van der Waals surface area contributed by atoms with Gasteiger partial charge in [0.25, 0.3) is 0 Å². The van der Waals surface area contributed by atoms with Crippen molar-refractivity contribution in [3.8, 4) is 5.75 Å². The van der Waals surface area contributed by atoms with E-state index in [0.29, 0.717) is 0 Å². The molecule has 0 aliphatic rings. The van der Waals surface area contributed by atoms with Gasteiger partial charge in [-0.15, -0.1) is 0 Å². The SMILES string of the molecule is C=C(c1ccccc1)c1ccccc1[I+]c1ccc(OC)cc1. The van der Waals surface area contributed by atoms with Gasteiger partial charge in [-0.05, 0) is 47.5 Å². The Kier molecular flexibility index (Phi) is 5.13. The third-order valence-corrected chi connectivity index (χ3v) is 6.45. The second kappa shape index (κ2) is 7.47. The van der Waals surface area contributed by atoms with Gasteiger partial charge in [-0.2, -0.15) is 0 Å². The normalized spacial score (nSPS) is 10.3. The number of halogens is 1. The Morgan fingerprint density at radius 3 is 2.17 bits per heavy atom. The van der Waals surface area contributed by atoms with Crippen LogP contribution in [0.1, 0.15) is 11.1 Å². The van der Waals surface area contributed by atoms with Crippen LogP contribution in [-0.4, -0.2) is 7.11 Å². The molecule has 0 heterocycles. The summed E-state index contributed by atoms with van der Waals surface area (Å²) in [7, 11) is 1.70. The summed E-state index contributed by atoms with van der Waals surface area (Å²) in [5, 5.41) is 0. The average Bonchev–Trinajstić information content (AvgIpc) is 2.63. The van der Waals surface area contributed by atoms with E-state index in [1.54, 1.807) is 7.11 Å². The van der Waals surface area contributed by atoms with Crippen molar-refractivity contribution in [3.05, 3.63) is 104 Å². The third-order valence-electron chi connectivity index (χ3n) is 3.58. The molecule has 0 N–H and O–H groups in total. The summed E-state index contributed by atoms with van der Waals surface area (Å²) in [4.78, 5) is 0. The number of hydrogen-bond acceptors (Lipinski definition) is 1. The highest BCUT2D eigenvalue weighted by Crippen LogP contribution is 2.20. The zero-order valence-corrected chi connectivity index (χ0v) is 15.2. The van der Waals surface area contributed by atoms with Crippen molar-refractivity contribution < 1.29 is 25.9 Å². The van der Waals surface area contributed by atoms with Crippen molar-refractivity contribution >= 4 is 5.57 Å². The molecule has 0 bridgehead atoms. The Balaban J connectivity index is 1.90. The van der Waals surface area contributed by atoms with Crippen LogP contribution in [0.5, 0.6) is 5.75 Å². The molecule has 3 rings (SSSR count). The molecule has 114 valence electrons. The minimum Gasteiger partial charge on any atom is -0.497 e. The van der Waals surface area contributed by atoms with Crippen molar-refractivity contribution in [1.29, 1.82) is 0 Å². The van der Waals surface area contributed by atoms with Crippen molar-refractivity contribution in [2.45, 2.75) is 0 Å². The first kappa shape index (κ1) is 15.8. The van der Waals surface area contributed by atoms with E-state index in [0.717, 1.165) is 11.3 Å². The minimum atomic E-state index is -0.253. The molecule has 23 heavy (non-hydrogen) atoms. The van der Waals surface area contributed by atoms with Crippen LogP contribution in [0.4, 0.5) is 0 Å². The largest absolute Gasteiger partial charge is 0.497 e. The lowest BCUT2D eigenvalue weighted by Crippen LogP contribution is -3.61. The predicted octanol–water partition coefficient (Wildman–Crippen LogP) is 1.89. The van der Waals surface area contributed by atoms with Gasteiger partial charge in [-0.25, -0.2) is 0 Å². The third kappa shape index (κ3) is 3.82. The van der Waals surface area contributed by atoms with Gasteiger partial charge in [-0.3, -0.25) is 0 Å². The van der Waals surface area contributed by atoms with Crippen LogP contribution in [0.2, 0.25) is 0 Å². The van der Waals surface area contributed by atoms with Crippen LogP contribution < -0.4 is 25.9 Å². The highest BCUT2D eigenvalue weighted by atomic mass is 127. The second-order valence-electron chi connectivity index (χ2n) is 5.08. The Bertz CT molecular complexity index is 792. The average molecular weight is 413 g/mol. The van der Waals surface area contributed by atoms with Gasteiger partial charge in [0.05, 0.1) is 7.11 Å². The summed E-state index contributed by atoms with van der Waals surface area (Å²) < 4.78 is 8.00. The molecule has 3 aromatic rings. The van der Waals surface area contributed by atoms with Crippen LogP contribution in [-0.2, 0) is 0 Å². The maximum atomic E-state index is 5.24. The van der Waals surface area contributed by atoms with E-state index < -0.39 is 0 Å². The maximum absolute atomic E-state index is 5.24. The molecule has 0 fully saturated rings. The van der Waals surface area contributed by atoms with Gasteiger partial charge in [0.2, 0.25) is 3.57 Å². The van der Waals surface area contributed by atoms with Crippen molar-refractivity contribution in [3.63, 3.8) is 0 Å². The first-order valence-corrected chi connectivity index (χ1v) is 9.56. The molecule has 0 spiro atoms. The monoisotopic (exact) mass is 413 g/mol. The molecule has 0 saturated heterocycles. The van der Waals surface area contributed by atoms with Crippen LogP contribution in [0.3, 0.4) is 0 Å². The van der Waals surface area contributed by atoms with Crippen LogP contribution in [0, 0.1) is 7.14 Å². The summed E-state index contributed by atoms with van der Waals surface area (Å²) >= 11 is -0.253. The highest BCUT2D eigenvalue weighted by molar-refractivity contribution is 5.77. The highest BCUT2D eigenvalue weighted by Gasteiger charge is 2.21. The summed E-state index contributed by atoms with van der Waals surface area (Å²) in [6.07, 6.45) is 0. The van der Waals surface area contributed by atoms with Gasteiger partial charge in [0, 0.05) is 5.56 Å². The van der Waals surface area contributed by atoms with Crippen LogP contribution in [0.15, 0.2) is 85.4 Å². The zero-order chi connectivity index (χ0) is 16.1. The minimum absolute atomic E-state index is 0.253. The van der Waals surface area contributed by atoms with Gasteiger partial charge in [-0.1, -0.05) is 49.0 Å². The smallest absolute Gasteiger partial charge is 0.358 e. The van der Waals surface area contributed by atoms with E-state index in [-0.39, 0.29) is 21.2 Å². The lowest BCUT2D eigenvalue weighted by atomic mass is 10.00. The molecule has 0 unspecified atom stereocenters. The molecule has 3 aromatic carbocycles. The van der Waals surface area contributed by atoms with Crippen LogP contribution >= 0.6 is 0 Å². The molecule has 2 heteroatoms. The van der Waals surface area contributed by atoms with E-state index >= 15 is 0 Å². The Morgan fingerprint density at radius 1 is 0.826 bits per heavy atom. The van der Waals surface area contributed by atoms with E-state index in [4.69, 9.17) is 4.74 Å². The van der Waals surface area contributed by atoms with Crippen molar-refractivity contribution in [1.82, 2.24) is 0 Å². The Labute approximate surface area is 147 Å². The van der Waals surface area contributed by atoms with E-state index in [1.807, 2.05) is 18.2 Å². The van der Waals surface area contributed by atoms with E-state index in [1.165, 1.54) is 18.3 Å². The summed E-state index contributed by atoms with van der Waals surface area (Å²) in [5.74, 6) is 0.903. The summed E-state index contributed by atoms with van der Waals surface area (Å²) in [5.41, 5.74) is 3.52. The standard InChI is InChI=1S/C21H18IO/c1-16(17-8-4-3-5-9-17)20-10-6-7-11-21(20)22-18-12-14-19(23-2)15-13-18/h3-15H,1H2,2H3/q+1. The lowest BCUT2D eigenvalue weighted by Gasteiger charge is -2.06. The number of methoxy groups -OCH3 is 1. The molecule has 0 atom stereocenters. The van der Waals surface area contributed by atoms with Crippen LogP contribution in [0.25, 0.3) is 5.57 Å². The van der Waals surface area contributed by atoms with E-state index in [2.05, 4.69) is 67.2 Å². The lowest BCUT2D eigenvalue weighted by molar-refractivity contribution is -0.597. The number of hydrogen-bond donors (Lipinski definition) is 0. The fourth-order valence-corrected chi connectivity index (χ4v) is 4.91. The number of ether oxygens (including phenoxy) is 1. The first-order chi connectivity index (χ1) is 11.3. The summed E-state index contributed by atoms with van der Waals surface area (Å²) in [6.45, 7) is 4.32. The van der Waals surface area contributed by atoms with E-state index in [9.17, 15) is 0 Å². The quantitative estimate of drug-likeness (QED) is 0.581. The summed E-state index contributed by atoms with van der Waals surface area (Å²) in [6, 6.07) is 27.4. The predicted molar refractivity (Wildman–Crippen MR) is 91.4 cm³/mol. The molecule has 0 amide bonds. The number of benzene rings is 3. The maximum Gasteiger partial charge on any atom is 0.358 e. The second-order valence-corrected chi connectivity index (χ2v) is 8.02. The molecule has 0 radical (unpaired) electrons. The zero-order valence-electron chi connectivity index (χ0n) is 13.0. The number of rotatable bonds is 5. The van der Waals surface area contributed by atoms with Gasteiger partial charge >= 0.3 is 21.2 Å². The molecule has 0 aliphatic carbocycles. The van der Waals surface area contributed by atoms with Gasteiger partial charge in [0.15, 0.2) is 3.57 Å². The molecular formula is C21H18IO+. The molecule has 0 aliphatic heterocycles. The van der Waals surface area contributed by atoms with Gasteiger partial charge in [0.1, 0.15) is 5.75 Å².